The van der Waals surface area contributed by atoms with E-state index in [-0.39, 0.29) is 5.41 Å². The van der Waals surface area contributed by atoms with Crippen LogP contribution in [0.2, 0.25) is 0 Å². The molecule has 0 saturated carbocycles. The van der Waals surface area contributed by atoms with Crippen LogP contribution in [0.15, 0.2) is 187 Å². The fourth-order valence-corrected chi connectivity index (χ4v) is 7.29. The molecule has 0 bridgehead atoms. The quantitative estimate of drug-likeness (QED) is 0.152. The van der Waals surface area contributed by atoms with E-state index in [2.05, 4.69) is 144 Å². The number of allylic oxidation sites excluding steroid dienone is 16. The SMILES string of the molecule is C\C=C/C(=C\C=C(/C)C1=CC(c2ccc3c(c2)C/C=C\C=C/CC3(c2ccccc2)c2ccncc2)=CC=CC1)c1nc(C)nc(-c2ccccc2)n1. The number of aryl methyl sites for hydroxylation is 1. The summed E-state index contributed by atoms with van der Waals surface area (Å²) in [6.07, 6.45) is 32.7. The van der Waals surface area contributed by atoms with Crippen LogP contribution in [0.4, 0.5) is 0 Å². The summed E-state index contributed by atoms with van der Waals surface area (Å²) >= 11 is 0. The maximum Gasteiger partial charge on any atom is 0.163 e. The third-order valence-corrected chi connectivity index (χ3v) is 9.97. The second-order valence-electron chi connectivity index (χ2n) is 13.4. The van der Waals surface area contributed by atoms with Gasteiger partial charge in [-0.1, -0.05) is 152 Å². The van der Waals surface area contributed by atoms with Crippen LogP contribution >= 0.6 is 0 Å². The van der Waals surface area contributed by atoms with Crippen LogP contribution in [-0.4, -0.2) is 19.9 Å². The normalized spacial score (nSPS) is 18.9. The molecule has 4 nitrogen and oxygen atoms in total. The lowest BCUT2D eigenvalue weighted by Crippen LogP contribution is -2.30. The molecule has 7 rings (SSSR count). The van der Waals surface area contributed by atoms with Gasteiger partial charge in [0, 0.05) is 28.9 Å². The molecule has 0 saturated heterocycles. The number of hydrogen-bond donors (Lipinski definition) is 0. The van der Waals surface area contributed by atoms with Crippen molar-refractivity contribution in [3.05, 3.63) is 227 Å². The molecule has 1 atom stereocenters. The predicted molar refractivity (Wildman–Crippen MR) is 220 cm³/mol. The van der Waals surface area contributed by atoms with Crippen molar-refractivity contribution in [2.45, 2.75) is 45.4 Å². The van der Waals surface area contributed by atoms with Gasteiger partial charge in [0.05, 0.1) is 0 Å². The van der Waals surface area contributed by atoms with E-state index in [1.54, 1.807) is 0 Å². The van der Waals surface area contributed by atoms with Crippen molar-refractivity contribution in [1.29, 1.82) is 0 Å². The van der Waals surface area contributed by atoms with Gasteiger partial charge in [-0.3, -0.25) is 4.98 Å². The minimum Gasteiger partial charge on any atom is -0.265 e. The van der Waals surface area contributed by atoms with E-state index < -0.39 is 0 Å². The molecule has 2 aromatic heterocycles. The Morgan fingerprint density at radius 3 is 2.25 bits per heavy atom. The zero-order valence-corrected chi connectivity index (χ0v) is 30.7. The molecule has 1 unspecified atom stereocenters. The fourth-order valence-electron chi connectivity index (χ4n) is 7.29. The van der Waals surface area contributed by atoms with Gasteiger partial charge >= 0.3 is 0 Å². The Labute approximate surface area is 313 Å². The van der Waals surface area contributed by atoms with Crippen LogP contribution in [0.5, 0.6) is 0 Å². The first-order valence-corrected chi connectivity index (χ1v) is 18.3. The molecule has 2 aliphatic rings. The standard InChI is InChI=1S/C49H44N4/c1-4-17-38(47-51-37(3)52-48(53-47)39-18-10-7-11-19-39)26-25-36(2)40-20-14-15-21-41(34-40)42-27-28-46-43(35-42)22-9-5-6-16-31-49(46,44-23-12-8-13-24-44)45-29-32-50-33-30-45/h4-19,21,23-30,32-35H,20,22,31H2,1-3H3/b9-5-,16-6-,17-4-,36-25+,38-26+. The molecular formula is C49H44N4. The zero-order chi connectivity index (χ0) is 36.5. The molecule has 260 valence electrons. The van der Waals surface area contributed by atoms with Crippen molar-refractivity contribution in [1.82, 2.24) is 19.9 Å². The van der Waals surface area contributed by atoms with Gasteiger partial charge in [-0.25, -0.2) is 15.0 Å². The van der Waals surface area contributed by atoms with Gasteiger partial charge in [0.2, 0.25) is 0 Å². The molecule has 5 aromatic rings. The fraction of sp³-hybridized carbons (Fsp3) is 0.143. The topological polar surface area (TPSA) is 51.6 Å². The lowest BCUT2D eigenvalue weighted by molar-refractivity contribution is 0.621. The van der Waals surface area contributed by atoms with Crippen LogP contribution in [0.3, 0.4) is 0 Å². The molecule has 0 aliphatic heterocycles. The highest BCUT2D eigenvalue weighted by Crippen LogP contribution is 2.45. The summed E-state index contributed by atoms with van der Waals surface area (Å²) in [4.78, 5) is 18.6. The van der Waals surface area contributed by atoms with Crippen molar-refractivity contribution in [2.75, 3.05) is 0 Å². The zero-order valence-electron chi connectivity index (χ0n) is 30.7. The minimum atomic E-state index is -0.353. The summed E-state index contributed by atoms with van der Waals surface area (Å²) in [7, 11) is 0. The van der Waals surface area contributed by atoms with Crippen LogP contribution in [0.25, 0.3) is 22.5 Å². The summed E-state index contributed by atoms with van der Waals surface area (Å²) in [5.41, 5.74) is 11.6. The molecule has 2 heterocycles. The maximum absolute atomic E-state index is 4.86. The summed E-state index contributed by atoms with van der Waals surface area (Å²) in [6, 6.07) is 32.4. The molecule has 3 aromatic carbocycles. The van der Waals surface area contributed by atoms with Gasteiger partial charge < -0.3 is 0 Å². The molecule has 53 heavy (non-hydrogen) atoms. The average Bonchev–Trinajstić information content (AvgIpc) is 3.42. The number of pyridine rings is 1. The predicted octanol–water partition coefficient (Wildman–Crippen LogP) is 11.5. The second kappa shape index (κ2) is 16.4. The minimum absolute atomic E-state index is 0.353. The van der Waals surface area contributed by atoms with Crippen LogP contribution in [-0.2, 0) is 11.8 Å². The monoisotopic (exact) mass is 688 g/mol. The molecule has 0 radical (unpaired) electrons. The summed E-state index contributed by atoms with van der Waals surface area (Å²) in [5.74, 6) is 2.03. The van der Waals surface area contributed by atoms with Crippen LogP contribution in [0, 0.1) is 6.92 Å². The first kappa shape index (κ1) is 35.2. The Morgan fingerprint density at radius 1 is 0.717 bits per heavy atom. The third-order valence-electron chi connectivity index (χ3n) is 9.97. The third kappa shape index (κ3) is 7.83. The Bertz CT molecular complexity index is 2280. The van der Waals surface area contributed by atoms with Gasteiger partial charge in [0.15, 0.2) is 11.6 Å². The summed E-state index contributed by atoms with van der Waals surface area (Å²) in [5, 5.41) is 0. The molecular weight excluding hydrogens is 645 g/mol. The van der Waals surface area contributed by atoms with Crippen molar-refractivity contribution in [3.63, 3.8) is 0 Å². The molecule has 0 amide bonds. The van der Waals surface area contributed by atoms with E-state index in [1.165, 1.54) is 44.5 Å². The largest absolute Gasteiger partial charge is 0.265 e. The Morgan fingerprint density at radius 2 is 1.45 bits per heavy atom. The number of nitrogens with zero attached hydrogens (tertiary/aromatic N) is 4. The molecule has 0 spiro atoms. The highest BCUT2D eigenvalue weighted by Gasteiger charge is 2.37. The second-order valence-corrected chi connectivity index (χ2v) is 13.4. The molecule has 0 fully saturated rings. The van der Waals surface area contributed by atoms with E-state index in [9.17, 15) is 0 Å². The van der Waals surface area contributed by atoms with Gasteiger partial charge in [-0.05, 0) is 96.7 Å². The number of aromatic nitrogens is 4. The van der Waals surface area contributed by atoms with Gasteiger partial charge in [-0.2, -0.15) is 0 Å². The lowest BCUT2D eigenvalue weighted by atomic mass is 9.66. The first-order valence-electron chi connectivity index (χ1n) is 18.3. The van der Waals surface area contributed by atoms with Gasteiger partial charge in [-0.15, -0.1) is 0 Å². The van der Waals surface area contributed by atoms with Crippen LogP contribution in [0.1, 0.15) is 66.2 Å². The van der Waals surface area contributed by atoms with Crippen molar-refractivity contribution >= 4 is 11.1 Å². The summed E-state index contributed by atoms with van der Waals surface area (Å²) < 4.78 is 0. The van der Waals surface area contributed by atoms with E-state index in [0.717, 1.165) is 30.4 Å². The van der Waals surface area contributed by atoms with Gasteiger partial charge in [0.1, 0.15) is 5.82 Å². The number of hydrogen-bond acceptors (Lipinski definition) is 4. The highest BCUT2D eigenvalue weighted by atomic mass is 15.0. The van der Waals surface area contributed by atoms with E-state index in [1.807, 2.05) is 62.6 Å². The number of fused-ring (bicyclic) bond motifs is 1. The van der Waals surface area contributed by atoms with Crippen molar-refractivity contribution < 1.29 is 0 Å². The van der Waals surface area contributed by atoms with E-state index in [4.69, 9.17) is 9.97 Å². The van der Waals surface area contributed by atoms with Crippen molar-refractivity contribution in [3.8, 4) is 11.4 Å². The smallest absolute Gasteiger partial charge is 0.163 e. The highest BCUT2D eigenvalue weighted by molar-refractivity contribution is 5.79. The molecule has 4 heteroatoms. The molecule has 0 N–H and O–H groups in total. The Kier molecular flexibility index (Phi) is 10.9. The van der Waals surface area contributed by atoms with Crippen molar-refractivity contribution in [2.24, 2.45) is 0 Å². The van der Waals surface area contributed by atoms with E-state index >= 15 is 0 Å². The summed E-state index contributed by atoms with van der Waals surface area (Å²) in [6.45, 7) is 6.12. The lowest BCUT2D eigenvalue weighted by Gasteiger charge is -2.37. The van der Waals surface area contributed by atoms with Gasteiger partial charge in [0.25, 0.3) is 0 Å². The van der Waals surface area contributed by atoms with E-state index in [0.29, 0.717) is 17.5 Å². The number of benzene rings is 3. The van der Waals surface area contributed by atoms with Crippen LogP contribution < -0.4 is 0 Å². The first-order chi connectivity index (χ1) is 26.0. The Balaban J connectivity index is 1.26. The maximum atomic E-state index is 4.86. The average molecular weight is 689 g/mol. The number of rotatable bonds is 8. The Hall–Kier alpha value is -6.26. The molecule has 2 aliphatic carbocycles.